The van der Waals surface area contributed by atoms with E-state index in [-0.39, 0.29) is 44.8 Å². The summed E-state index contributed by atoms with van der Waals surface area (Å²) in [7, 11) is 2.59. The first-order valence-electron chi connectivity index (χ1n) is 7.45. The van der Waals surface area contributed by atoms with Crippen LogP contribution in [0.5, 0.6) is 11.5 Å². The Balaban J connectivity index is 0.000000303. The molecular weight excluding hydrogens is 590 g/mol. The summed E-state index contributed by atoms with van der Waals surface area (Å²) in [5.74, 6) is 0.204. The Bertz CT molecular complexity index is 882. The van der Waals surface area contributed by atoms with E-state index in [1.54, 1.807) is 0 Å². The van der Waals surface area contributed by atoms with Crippen molar-refractivity contribution in [2.75, 3.05) is 25.7 Å². The summed E-state index contributed by atoms with van der Waals surface area (Å²) in [6.07, 6.45) is 0. The van der Waals surface area contributed by atoms with Gasteiger partial charge in [0.15, 0.2) is 0 Å². The van der Waals surface area contributed by atoms with Gasteiger partial charge in [0, 0.05) is 16.2 Å². The molecule has 2 aromatic rings. The standard InChI is InChI=1S/C8H6Br2F3NOS.C8H8F3NOS/c1-15-7-4(16-8(11,12)13)2-3(9)6(14)5(7)10;1-13-6-4-5(12)2-3-7(6)14-8(9,10)11/h2H,14H2,1H3;2-4H,12H2,1H3. The van der Waals surface area contributed by atoms with Crippen molar-refractivity contribution in [3.63, 3.8) is 0 Å². The van der Waals surface area contributed by atoms with Crippen LogP contribution in [-0.4, -0.2) is 25.2 Å². The largest absolute Gasteiger partial charge is 0.496 e. The van der Waals surface area contributed by atoms with E-state index in [0.29, 0.717) is 20.3 Å². The summed E-state index contributed by atoms with van der Waals surface area (Å²) in [5.41, 5.74) is 3.00. The summed E-state index contributed by atoms with van der Waals surface area (Å²) in [6.45, 7) is 0. The first kappa shape index (κ1) is 26.9. The molecule has 0 aliphatic rings. The lowest BCUT2D eigenvalue weighted by molar-refractivity contribution is -0.0337. The number of nitrogen functional groups attached to an aromatic ring is 2. The number of rotatable bonds is 4. The van der Waals surface area contributed by atoms with Gasteiger partial charge < -0.3 is 20.9 Å². The molecule has 168 valence electrons. The average Bonchev–Trinajstić information content (AvgIpc) is 2.60. The van der Waals surface area contributed by atoms with Crippen LogP contribution in [-0.2, 0) is 0 Å². The molecule has 0 saturated heterocycles. The molecule has 30 heavy (non-hydrogen) atoms. The molecule has 0 aromatic heterocycles. The van der Waals surface area contributed by atoms with E-state index in [2.05, 4.69) is 31.9 Å². The van der Waals surface area contributed by atoms with Crippen LogP contribution in [0.15, 0.2) is 43.0 Å². The Labute approximate surface area is 193 Å². The molecule has 0 unspecified atom stereocenters. The quantitative estimate of drug-likeness (QED) is 0.217. The van der Waals surface area contributed by atoms with Crippen molar-refractivity contribution in [3.05, 3.63) is 33.2 Å². The SMILES string of the molecule is COc1c(SC(F)(F)F)cc(Br)c(N)c1Br.COc1cc(N)ccc1SC(F)(F)F. The molecule has 2 rings (SSSR count). The fourth-order valence-electron chi connectivity index (χ4n) is 1.88. The molecule has 4 nitrogen and oxygen atoms in total. The van der Waals surface area contributed by atoms with Gasteiger partial charge in [0.05, 0.1) is 34.2 Å². The zero-order valence-corrected chi connectivity index (χ0v) is 19.9. The fourth-order valence-corrected chi connectivity index (χ4v) is 4.78. The van der Waals surface area contributed by atoms with Crippen LogP contribution in [0.2, 0.25) is 0 Å². The Morgan fingerprint density at radius 1 is 0.833 bits per heavy atom. The summed E-state index contributed by atoms with van der Waals surface area (Å²) >= 11 is 5.69. The van der Waals surface area contributed by atoms with Crippen molar-refractivity contribution >= 4 is 66.8 Å². The average molecular weight is 604 g/mol. The van der Waals surface area contributed by atoms with Crippen molar-refractivity contribution in [2.24, 2.45) is 0 Å². The molecule has 2 aromatic carbocycles. The van der Waals surface area contributed by atoms with Crippen LogP contribution in [0.3, 0.4) is 0 Å². The van der Waals surface area contributed by atoms with Gasteiger partial charge in [0.25, 0.3) is 0 Å². The highest BCUT2D eigenvalue weighted by molar-refractivity contribution is 9.11. The van der Waals surface area contributed by atoms with Gasteiger partial charge in [-0.3, -0.25) is 0 Å². The van der Waals surface area contributed by atoms with E-state index in [0.717, 1.165) is 0 Å². The smallest absolute Gasteiger partial charge is 0.446 e. The van der Waals surface area contributed by atoms with Gasteiger partial charge in [0.2, 0.25) is 0 Å². The minimum atomic E-state index is -4.37. The molecule has 0 amide bonds. The zero-order valence-electron chi connectivity index (χ0n) is 15.1. The number of methoxy groups -OCH3 is 2. The molecule has 0 bridgehead atoms. The highest BCUT2D eigenvalue weighted by Crippen LogP contribution is 2.48. The second-order valence-corrected chi connectivity index (χ2v) is 8.98. The van der Waals surface area contributed by atoms with Gasteiger partial charge in [-0.2, -0.15) is 26.3 Å². The Morgan fingerprint density at radius 2 is 1.37 bits per heavy atom. The Kier molecular flexibility index (Phi) is 9.83. The van der Waals surface area contributed by atoms with Crippen LogP contribution in [0.25, 0.3) is 0 Å². The zero-order chi connectivity index (χ0) is 23.3. The molecule has 0 saturated carbocycles. The van der Waals surface area contributed by atoms with Crippen LogP contribution in [0, 0.1) is 0 Å². The van der Waals surface area contributed by atoms with E-state index < -0.39 is 11.0 Å². The lowest BCUT2D eigenvalue weighted by Crippen LogP contribution is -2.02. The topological polar surface area (TPSA) is 70.5 Å². The maximum absolute atomic E-state index is 12.3. The molecule has 0 aliphatic heterocycles. The second kappa shape index (κ2) is 11.0. The monoisotopic (exact) mass is 602 g/mol. The third-order valence-electron chi connectivity index (χ3n) is 3.02. The predicted molar refractivity (Wildman–Crippen MR) is 114 cm³/mol. The van der Waals surface area contributed by atoms with Crippen molar-refractivity contribution in [1.82, 2.24) is 0 Å². The number of ether oxygens (including phenoxy) is 2. The lowest BCUT2D eigenvalue weighted by atomic mass is 10.3. The summed E-state index contributed by atoms with van der Waals surface area (Å²) in [4.78, 5) is -0.0443. The number of hydrogen-bond donors (Lipinski definition) is 2. The van der Waals surface area contributed by atoms with Crippen LogP contribution < -0.4 is 20.9 Å². The first-order valence-corrected chi connectivity index (χ1v) is 10.7. The highest BCUT2D eigenvalue weighted by Gasteiger charge is 2.32. The van der Waals surface area contributed by atoms with E-state index in [9.17, 15) is 26.3 Å². The number of thioether (sulfide) groups is 2. The molecular formula is C16H14Br2F6N2O2S2. The van der Waals surface area contributed by atoms with Crippen LogP contribution in [0.4, 0.5) is 37.7 Å². The first-order chi connectivity index (χ1) is 13.7. The van der Waals surface area contributed by atoms with E-state index in [1.807, 2.05) is 0 Å². The molecule has 0 fully saturated rings. The van der Waals surface area contributed by atoms with E-state index in [1.165, 1.54) is 38.5 Å². The predicted octanol–water partition coefficient (Wildman–Crippen LogP) is 7.30. The van der Waals surface area contributed by atoms with Gasteiger partial charge in [0.1, 0.15) is 11.5 Å². The number of nitrogens with two attached hydrogens (primary N) is 2. The molecule has 0 aliphatic carbocycles. The maximum Gasteiger partial charge on any atom is 0.446 e. The van der Waals surface area contributed by atoms with Crippen LogP contribution >= 0.6 is 55.4 Å². The van der Waals surface area contributed by atoms with Gasteiger partial charge in [-0.1, -0.05) is 0 Å². The Hall–Kier alpha value is -1.12. The number of halogens is 8. The minimum absolute atomic E-state index is 0.00852. The Morgan fingerprint density at radius 3 is 1.83 bits per heavy atom. The summed E-state index contributed by atoms with van der Waals surface area (Å²) in [6, 6.07) is 5.31. The van der Waals surface area contributed by atoms with Gasteiger partial charge in [-0.05, 0) is 73.6 Å². The van der Waals surface area contributed by atoms with E-state index in [4.69, 9.17) is 20.9 Å². The molecule has 0 atom stereocenters. The van der Waals surface area contributed by atoms with Crippen molar-refractivity contribution in [2.45, 2.75) is 20.8 Å². The third kappa shape index (κ3) is 8.55. The number of anilines is 2. The number of alkyl halides is 6. The van der Waals surface area contributed by atoms with Gasteiger partial charge in [-0.25, -0.2) is 0 Å². The molecule has 0 radical (unpaired) electrons. The molecule has 4 N–H and O–H groups in total. The van der Waals surface area contributed by atoms with E-state index >= 15 is 0 Å². The normalized spacial score (nSPS) is 11.5. The minimum Gasteiger partial charge on any atom is -0.496 e. The third-order valence-corrected chi connectivity index (χ3v) is 6.00. The highest BCUT2D eigenvalue weighted by atomic mass is 79.9. The molecule has 14 heteroatoms. The van der Waals surface area contributed by atoms with Crippen molar-refractivity contribution in [1.29, 1.82) is 0 Å². The fraction of sp³-hybridized carbons (Fsp3) is 0.250. The second-order valence-electron chi connectivity index (χ2n) is 5.12. The summed E-state index contributed by atoms with van der Waals surface area (Å²) < 4.78 is 83.2. The van der Waals surface area contributed by atoms with Crippen molar-refractivity contribution in [3.8, 4) is 11.5 Å². The summed E-state index contributed by atoms with van der Waals surface area (Å²) in [5, 5.41) is 0. The lowest BCUT2D eigenvalue weighted by Gasteiger charge is -2.14. The van der Waals surface area contributed by atoms with Gasteiger partial charge >= 0.3 is 11.0 Å². The molecule has 0 heterocycles. The van der Waals surface area contributed by atoms with Gasteiger partial charge in [-0.15, -0.1) is 0 Å². The number of benzene rings is 2. The maximum atomic E-state index is 12.3. The van der Waals surface area contributed by atoms with Crippen molar-refractivity contribution < 1.29 is 35.8 Å². The number of hydrogen-bond acceptors (Lipinski definition) is 6. The molecule has 0 spiro atoms. The van der Waals surface area contributed by atoms with Crippen LogP contribution in [0.1, 0.15) is 0 Å².